The summed E-state index contributed by atoms with van der Waals surface area (Å²) in [7, 11) is 0. The van der Waals surface area contributed by atoms with Crippen molar-refractivity contribution in [1.29, 1.82) is 5.26 Å². The second-order valence-electron chi connectivity index (χ2n) is 8.35. The Hall–Kier alpha value is -4.79. The summed E-state index contributed by atoms with van der Waals surface area (Å²) in [4.78, 5) is 35.7. The summed E-state index contributed by atoms with van der Waals surface area (Å²) in [6.07, 6.45) is 0.924. The van der Waals surface area contributed by atoms with Gasteiger partial charge >= 0.3 is 5.97 Å². The van der Waals surface area contributed by atoms with E-state index < -0.39 is 45.9 Å². The van der Waals surface area contributed by atoms with Gasteiger partial charge in [0.15, 0.2) is 11.4 Å². The fourth-order valence-corrected chi connectivity index (χ4v) is 4.40. The zero-order valence-corrected chi connectivity index (χ0v) is 18.8. The molecule has 3 N–H and O–H groups in total. The third-order valence-electron chi connectivity index (χ3n) is 6.14. The van der Waals surface area contributed by atoms with Crippen LogP contribution in [0.3, 0.4) is 0 Å². The second kappa shape index (κ2) is 9.83. The first-order chi connectivity index (χ1) is 17.2. The number of carbonyl (C=O) groups excluding carboxylic acids is 2. The number of esters is 1. The first-order valence-electron chi connectivity index (χ1n) is 11.0. The quantitative estimate of drug-likeness (QED) is 0.287. The molecule has 184 valence electrons. The number of halogens is 1. The smallest absolute Gasteiger partial charge is 0.345 e. The van der Waals surface area contributed by atoms with Crippen LogP contribution in [-0.2, 0) is 15.1 Å². The Kier molecular flexibility index (Phi) is 6.64. The Labute approximate surface area is 204 Å². The van der Waals surface area contributed by atoms with Gasteiger partial charge in [-0.1, -0.05) is 12.1 Å². The highest BCUT2D eigenvalue weighted by molar-refractivity contribution is 5.94. The Morgan fingerprint density at radius 3 is 2.61 bits per heavy atom. The number of rotatable bonds is 7. The molecule has 1 fully saturated rings. The average Bonchev–Trinajstić information content (AvgIpc) is 3.34. The summed E-state index contributed by atoms with van der Waals surface area (Å²) in [6, 6.07) is 14.7. The maximum Gasteiger partial charge on any atom is 0.345 e. The Morgan fingerprint density at radius 1 is 1.22 bits per heavy atom. The van der Waals surface area contributed by atoms with E-state index >= 15 is 0 Å². The first-order valence-corrected chi connectivity index (χ1v) is 11.0. The number of nitrogens with two attached hydrogens (primary N) is 1. The van der Waals surface area contributed by atoms with E-state index in [1.807, 2.05) is 0 Å². The molecule has 1 heterocycles. The van der Waals surface area contributed by atoms with Crippen LogP contribution in [0.5, 0.6) is 0 Å². The molecule has 3 unspecified atom stereocenters. The van der Waals surface area contributed by atoms with Crippen LogP contribution >= 0.6 is 0 Å². The summed E-state index contributed by atoms with van der Waals surface area (Å²) in [5, 5.41) is 28.9. The highest BCUT2D eigenvalue weighted by atomic mass is 19.1. The predicted octanol–water partition coefficient (Wildman–Crippen LogP) is 3.40. The largest absolute Gasteiger partial charge is 0.458 e. The lowest BCUT2D eigenvalue weighted by molar-refractivity contribution is -0.385. The molecule has 4 rings (SSSR count). The van der Waals surface area contributed by atoms with Crippen LogP contribution in [0.1, 0.15) is 29.6 Å². The number of nitro groups is 1. The van der Waals surface area contributed by atoms with Crippen LogP contribution in [0, 0.1) is 33.2 Å². The van der Waals surface area contributed by atoms with Gasteiger partial charge in [0.2, 0.25) is 5.91 Å². The Morgan fingerprint density at radius 2 is 1.94 bits per heavy atom. The van der Waals surface area contributed by atoms with E-state index in [0.29, 0.717) is 11.5 Å². The Bertz CT molecular complexity index is 1350. The van der Waals surface area contributed by atoms with Crippen molar-refractivity contribution >= 4 is 29.1 Å². The number of aromatic nitrogens is 2. The number of hydrogen-bond acceptors (Lipinski definition) is 8. The monoisotopic (exact) mass is 492 g/mol. The van der Waals surface area contributed by atoms with Gasteiger partial charge in [0, 0.05) is 30.4 Å². The van der Waals surface area contributed by atoms with Gasteiger partial charge in [-0.25, -0.2) is 13.9 Å². The van der Waals surface area contributed by atoms with Gasteiger partial charge in [-0.3, -0.25) is 14.9 Å². The van der Waals surface area contributed by atoms with Crippen molar-refractivity contribution in [2.75, 3.05) is 5.32 Å². The SMILES string of the molecule is N#CC1(n2ccc(Nc3ccc(F)cc3)n2)CC(OC(=O)c2ccccc2[N+](=O)[O-])CCC1C(N)=O. The Balaban J connectivity index is 1.60. The molecule has 1 saturated carbocycles. The molecule has 1 aliphatic rings. The average molecular weight is 492 g/mol. The van der Waals surface area contributed by atoms with Crippen LogP contribution in [0.4, 0.5) is 21.6 Å². The third-order valence-corrected chi connectivity index (χ3v) is 6.14. The number of nitriles is 1. The molecule has 0 aliphatic heterocycles. The zero-order chi connectivity index (χ0) is 25.9. The number of para-hydroxylation sites is 1. The number of primary amides is 1. The van der Waals surface area contributed by atoms with E-state index in [2.05, 4.69) is 16.5 Å². The first kappa shape index (κ1) is 24.3. The fraction of sp³-hybridized carbons (Fsp3) is 0.250. The molecule has 3 atom stereocenters. The molecular formula is C24H21FN6O5. The predicted molar refractivity (Wildman–Crippen MR) is 124 cm³/mol. The molecule has 0 bridgehead atoms. The molecular weight excluding hydrogens is 471 g/mol. The van der Waals surface area contributed by atoms with Crippen LogP contribution in [0.15, 0.2) is 60.8 Å². The highest BCUT2D eigenvalue weighted by Crippen LogP contribution is 2.41. The lowest BCUT2D eigenvalue weighted by Crippen LogP contribution is -2.52. The van der Waals surface area contributed by atoms with E-state index in [0.717, 1.165) is 0 Å². The van der Waals surface area contributed by atoms with Crippen molar-refractivity contribution in [3.8, 4) is 6.07 Å². The minimum Gasteiger partial charge on any atom is -0.458 e. The summed E-state index contributed by atoms with van der Waals surface area (Å²) in [5.41, 5.74) is 4.00. The van der Waals surface area contributed by atoms with Crippen molar-refractivity contribution in [3.05, 3.63) is 82.3 Å². The molecule has 12 heteroatoms. The lowest BCUT2D eigenvalue weighted by Gasteiger charge is -2.40. The minimum atomic E-state index is -1.57. The molecule has 36 heavy (non-hydrogen) atoms. The topological polar surface area (TPSA) is 166 Å². The number of ether oxygens (including phenoxy) is 1. The van der Waals surface area contributed by atoms with E-state index in [9.17, 15) is 29.4 Å². The van der Waals surface area contributed by atoms with Crippen LogP contribution in [0.25, 0.3) is 0 Å². The number of nitro benzene ring substituents is 1. The standard InChI is InChI=1S/C24H21FN6O5/c25-15-5-7-16(8-6-15)28-21-11-12-30(29-21)24(14-26)13-17(9-10-19(24)22(27)32)36-23(33)18-3-1-2-4-20(18)31(34)35/h1-8,11-12,17,19H,9-10,13H2,(H2,27,32)(H,28,29). The van der Waals surface area contributed by atoms with Gasteiger partial charge in [0.1, 0.15) is 17.5 Å². The molecule has 2 aromatic carbocycles. The van der Waals surface area contributed by atoms with Crippen molar-refractivity contribution < 1.29 is 23.6 Å². The molecule has 11 nitrogen and oxygen atoms in total. The van der Waals surface area contributed by atoms with Crippen LogP contribution in [0.2, 0.25) is 0 Å². The summed E-state index contributed by atoms with van der Waals surface area (Å²) in [5.74, 6) is -2.61. The van der Waals surface area contributed by atoms with E-state index in [4.69, 9.17) is 10.5 Å². The van der Waals surface area contributed by atoms with Crippen molar-refractivity contribution in [1.82, 2.24) is 9.78 Å². The minimum absolute atomic E-state index is 0.110. The maximum atomic E-state index is 13.2. The number of anilines is 2. The van der Waals surface area contributed by atoms with Gasteiger partial charge in [0.25, 0.3) is 5.69 Å². The molecule has 1 aromatic heterocycles. The number of carbonyl (C=O) groups is 2. The van der Waals surface area contributed by atoms with Gasteiger partial charge < -0.3 is 15.8 Å². The zero-order valence-electron chi connectivity index (χ0n) is 18.8. The van der Waals surface area contributed by atoms with Gasteiger partial charge in [-0.2, -0.15) is 10.4 Å². The van der Waals surface area contributed by atoms with Crippen LogP contribution < -0.4 is 11.1 Å². The van der Waals surface area contributed by atoms with Crippen molar-refractivity contribution in [2.24, 2.45) is 11.7 Å². The van der Waals surface area contributed by atoms with Crippen LogP contribution in [-0.4, -0.2) is 32.7 Å². The molecule has 0 saturated heterocycles. The van der Waals surface area contributed by atoms with Gasteiger partial charge in [-0.15, -0.1) is 0 Å². The number of hydrogen-bond donors (Lipinski definition) is 2. The van der Waals surface area contributed by atoms with E-state index in [-0.39, 0.29) is 24.8 Å². The number of nitrogens with one attached hydrogen (secondary N) is 1. The van der Waals surface area contributed by atoms with E-state index in [1.54, 1.807) is 6.07 Å². The molecule has 0 radical (unpaired) electrons. The number of benzene rings is 2. The normalized spacial score (nSPS) is 21.2. The fourth-order valence-electron chi connectivity index (χ4n) is 4.40. The molecule has 1 amide bonds. The lowest BCUT2D eigenvalue weighted by atomic mass is 9.72. The van der Waals surface area contributed by atoms with Gasteiger partial charge in [0.05, 0.1) is 16.9 Å². The van der Waals surface area contributed by atoms with Crippen molar-refractivity contribution in [3.63, 3.8) is 0 Å². The number of nitrogens with zero attached hydrogens (tertiary/aromatic N) is 4. The maximum absolute atomic E-state index is 13.2. The third kappa shape index (κ3) is 4.72. The highest BCUT2D eigenvalue weighted by Gasteiger charge is 2.51. The number of amides is 1. The summed E-state index contributed by atoms with van der Waals surface area (Å²) in [6.45, 7) is 0. The molecule has 1 aliphatic carbocycles. The summed E-state index contributed by atoms with van der Waals surface area (Å²) >= 11 is 0. The molecule has 3 aromatic rings. The second-order valence-corrected chi connectivity index (χ2v) is 8.35. The molecule has 0 spiro atoms. The summed E-state index contributed by atoms with van der Waals surface area (Å²) < 4.78 is 20.0. The van der Waals surface area contributed by atoms with Crippen molar-refractivity contribution in [2.45, 2.75) is 30.9 Å². The van der Waals surface area contributed by atoms with E-state index in [1.165, 1.54) is 59.4 Å². The van der Waals surface area contributed by atoms with Gasteiger partial charge in [-0.05, 0) is 43.2 Å².